The van der Waals surface area contributed by atoms with E-state index in [1.54, 1.807) is 55.8 Å². The number of hydrogen-bond donors (Lipinski definition) is 0. The molecule has 0 N–H and O–H groups in total. The van der Waals surface area contributed by atoms with Crippen LogP contribution in [0.1, 0.15) is 33.5 Å². The van der Waals surface area contributed by atoms with Crippen LogP contribution >= 0.6 is 0 Å². The minimum atomic E-state index is -0.337. The molecule has 6 nitrogen and oxygen atoms in total. The van der Waals surface area contributed by atoms with Crippen molar-refractivity contribution in [1.82, 2.24) is 9.13 Å². The van der Waals surface area contributed by atoms with E-state index in [4.69, 9.17) is 4.74 Å². The fourth-order valence-electron chi connectivity index (χ4n) is 3.12. The highest BCUT2D eigenvalue weighted by atomic mass is 16.5. The first-order valence-corrected chi connectivity index (χ1v) is 8.38. The van der Waals surface area contributed by atoms with E-state index >= 15 is 0 Å². The molecule has 2 heterocycles. The van der Waals surface area contributed by atoms with Gasteiger partial charge in [0.15, 0.2) is 17.8 Å². The molecule has 3 aromatic rings. The second-order valence-electron chi connectivity index (χ2n) is 6.05. The van der Waals surface area contributed by atoms with Gasteiger partial charge in [-0.05, 0) is 19.9 Å². The predicted molar refractivity (Wildman–Crippen MR) is 99.2 cm³/mol. The number of ketones is 1. The molecule has 0 atom stereocenters. The molecule has 3 rings (SSSR count). The molecular formula is C20H20N2O4. The number of rotatable bonds is 6. The first-order chi connectivity index (χ1) is 12.5. The molecule has 26 heavy (non-hydrogen) atoms. The van der Waals surface area contributed by atoms with E-state index in [9.17, 15) is 14.4 Å². The molecule has 1 aromatic carbocycles. The number of aryl methyl sites for hydroxylation is 2. The number of carbonyl (C=O) groups excluding carboxylic acids is 2. The molecule has 0 spiro atoms. The summed E-state index contributed by atoms with van der Waals surface area (Å²) in [4.78, 5) is 37.1. The van der Waals surface area contributed by atoms with Gasteiger partial charge in [0, 0.05) is 18.3 Å². The van der Waals surface area contributed by atoms with Gasteiger partial charge in [0.25, 0.3) is 5.56 Å². The van der Waals surface area contributed by atoms with Crippen LogP contribution in [-0.4, -0.2) is 27.8 Å². The Morgan fingerprint density at radius 1 is 1.23 bits per heavy atom. The van der Waals surface area contributed by atoms with Gasteiger partial charge in [-0.15, -0.1) is 0 Å². The van der Waals surface area contributed by atoms with Crippen LogP contribution in [0, 0.1) is 6.92 Å². The molecule has 0 aliphatic carbocycles. The van der Waals surface area contributed by atoms with Gasteiger partial charge in [-0.2, -0.15) is 0 Å². The maximum Gasteiger partial charge on any atom is 0.264 e. The molecule has 2 aromatic heterocycles. The summed E-state index contributed by atoms with van der Waals surface area (Å²) in [5.74, 6) is 0.116. The Kier molecular flexibility index (Phi) is 4.75. The van der Waals surface area contributed by atoms with Gasteiger partial charge in [0.2, 0.25) is 0 Å². The van der Waals surface area contributed by atoms with Crippen LogP contribution in [-0.2, 0) is 13.6 Å². The van der Waals surface area contributed by atoms with E-state index in [2.05, 4.69) is 0 Å². The van der Waals surface area contributed by atoms with Crippen molar-refractivity contribution in [2.24, 2.45) is 7.05 Å². The first-order valence-electron chi connectivity index (χ1n) is 8.38. The average Bonchev–Trinajstić information content (AvgIpc) is 2.90. The van der Waals surface area contributed by atoms with E-state index in [1.165, 1.54) is 4.57 Å². The van der Waals surface area contributed by atoms with Crippen molar-refractivity contribution in [2.45, 2.75) is 20.4 Å². The number of aldehydes is 1. The van der Waals surface area contributed by atoms with Crippen molar-refractivity contribution in [3.05, 3.63) is 63.7 Å². The number of Topliss-reactive ketones (excluding diaryl/α,β-unsaturated/α-hetero) is 1. The zero-order valence-corrected chi connectivity index (χ0v) is 15.0. The van der Waals surface area contributed by atoms with E-state index in [0.717, 1.165) is 0 Å². The van der Waals surface area contributed by atoms with Crippen LogP contribution in [0.25, 0.3) is 10.9 Å². The number of fused-ring (bicyclic) bond motifs is 1. The van der Waals surface area contributed by atoms with Crippen LogP contribution in [0.4, 0.5) is 0 Å². The fraction of sp³-hybridized carbons (Fsp3) is 0.250. The van der Waals surface area contributed by atoms with Gasteiger partial charge in [0.05, 0.1) is 18.7 Å². The van der Waals surface area contributed by atoms with Gasteiger partial charge in [-0.25, -0.2) is 0 Å². The average molecular weight is 352 g/mol. The molecule has 0 radical (unpaired) electrons. The largest absolute Gasteiger partial charge is 0.491 e. The summed E-state index contributed by atoms with van der Waals surface area (Å²) in [6.07, 6.45) is 0.680. The number of benzene rings is 1. The summed E-state index contributed by atoms with van der Waals surface area (Å²) >= 11 is 0. The Morgan fingerprint density at radius 2 is 1.92 bits per heavy atom. The van der Waals surface area contributed by atoms with E-state index < -0.39 is 0 Å². The minimum Gasteiger partial charge on any atom is -0.491 e. The van der Waals surface area contributed by atoms with Gasteiger partial charge in [-0.3, -0.25) is 14.4 Å². The van der Waals surface area contributed by atoms with Crippen LogP contribution in [0.15, 0.2) is 41.2 Å². The fourth-order valence-corrected chi connectivity index (χ4v) is 3.12. The van der Waals surface area contributed by atoms with E-state index in [1.807, 2.05) is 6.07 Å². The lowest BCUT2D eigenvalue weighted by Gasteiger charge is -2.11. The number of pyridine rings is 1. The third kappa shape index (κ3) is 2.83. The van der Waals surface area contributed by atoms with Crippen molar-refractivity contribution >= 4 is 23.0 Å². The highest BCUT2D eigenvalue weighted by molar-refractivity contribution is 5.98. The Bertz CT molecular complexity index is 1050. The standard InChI is InChI=1S/C20H20N2O4/c1-4-26-19-16(12-23)21(3)15-10-13(2)22(20(25)18(15)19)11-17(24)14-8-6-5-7-9-14/h5-10,12H,4,11H2,1-3H3. The Hall–Kier alpha value is -3.15. The van der Waals surface area contributed by atoms with Crippen LogP contribution in [0.2, 0.25) is 0 Å². The second-order valence-corrected chi connectivity index (χ2v) is 6.05. The first kappa shape index (κ1) is 17.7. The summed E-state index contributed by atoms with van der Waals surface area (Å²) in [6.45, 7) is 3.82. The number of aromatic nitrogens is 2. The lowest BCUT2D eigenvalue weighted by Crippen LogP contribution is -2.26. The third-order valence-corrected chi connectivity index (χ3v) is 4.47. The zero-order chi connectivity index (χ0) is 18.8. The van der Waals surface area contributed by atoms with Gasteiger partial charge >= 0.3 is 0 Å². The van der Waals surface area contributed by atoms with Gasteiger partial charge in [-0.1, -0.05) is 30.3 Å². The predicted octanol–water partition coefficient (Wildman–Crippen LogP) is 2.74. The molecule has 134 valence electrons. The molecule has 6 heteroatoms. The van der Waals surface area contributed by atoms with Crippen LogP contribution < -0.4 is 10.3 Å². The van der Waals surface area contributed by atoms with Crippen molar-refractivity contribution < 1.29 is 14.3 Å². The molecule has 0 unspecified atom stereocenters. The summed E-state index contributed by atoms with van der Waals surface area (Å²) in [7, 11) is 1.72. The maximum absolute atomic E-state index is 13.1. The highest BCUT2D eigenvalue weighted by Crippen LogP contribution is 2.29. The normalized spacial score (nSPS) is 10.9. The van der Waals surface area contributed by atoms with E-state index in [-0.39, 0.29) is 23.6 Å². The molecule has 0 aliphatic heterocycles. The zero-order valence-electron chi connectivity index (χ0n) is 15.0. The molecule has 0 bridgehead atoms. The van der Waals surface area contributed by atoms with Crippen molar-refractivity contribution in [3.8, 4) is 5.75 Å². The van der Waals surface area contributed by atoms with Crippen LogP contribution in [0.5, 0.6) is 5.75 Å². The highest BCUT2D eigenvalue weighted by Gasteiger charge is 2.22. The van der Waals surface area contributed by atoms with Gasteiger partial charge in [0.1, 0.15) is 11.1 Å². The van der Waals surface area contributed by atoms with Crippen LogP contribution in [0.3, 0.4) is 0 Å². The molecule has 0 aliphatic rings. The molecule has 0 saturated carbocycles. The van der Waals surface area contributed by atoms with Crippen molar-refractivity contribution in [3.63, 3.8) is 0 Å². The summed E-state index contributed by atoms with van der Waals surface area (Å²) in [5.41, 5.74) is 1.78. The Balaban J connectivity index is 2.18. The SMILES string of the molecule is CCOc1c(C=O)n(C)c2cc(C)n(CC(=O)c3ccccc3)c(=O)c12. The number of carbonyl (C=O) groups is 2. The van der Waals surface area contributed by atoms with Crippen molar-refractivity contribution in [1.29, 1.82) is 0 Å². The lowest BCUT2D eigenvalue weighted by molar-refractivity contribution is 0.0969. The lowest BCUT2D eigenvalue weighted by atomic mass is 10.1. The van der Waals surface area contributed by atoms with E-state index in [0.29, 0.717) is 40.7 Å². The minimum absolute atomic E-state index is 0.0680. The molecule has 0 fully saturated rings. The topological polar surface area (TPSA) is 70.3 Å². The van der Waals surface area contributed by atoms with Crippen molar-refractivity contribution in [2.75, 3.05) is 6.61 Å². The number of nitrogens with zero attached hydrogens (tertiary/aromatic N) is 2. The quantitative estimate of drug-likeness (QED) is 0.505. The smallest absolute Gasteiger partial charge is 0.264 e. The molecule has 0 saturated heterocycles. The summed E-state index contributed by atoms with van der Waals surface area (Å²) in [5, 5.41) is 0.322. The Morgan fingerprint density at radius 3 is 2.54 bits per heavy atom. The third-order valence-electron chi connectivity index (χ3n) is 4.47. The monoisotopic (exact) mass is 352 g/mol. The maximum atomic E-state index is 13.1. The number of ether oxygens (including phenoxy) is 1. The summed E-state index contributed by atoms with van der Waals surface area (Å²) in [6, 6.07) is 10.6. The Labute approximate surface area is 150 Å². The summed E-state index contributed by atoms with van der Waals surface area (Å²) < 4.78 is 8.65. The molecular weight excluding hydrogens is 332 g/mol. The molecule has 0 amide bonds. The van der Waals surface area contributed by atoms with Gasteiger partial charge < -0.3 is 13.9 Å². The second kappa shape index (κ2) is 7.00. The number of hydrogen-bond acceptors (Lipinski definition) is 4.